The highest BCUT2D eigenvalue weighted by Gasteiger charge is 2.08. The predicted octanol–water partition coefficient (Wildman–Crippen LogP) is 2.68. The second-order valence-corrected chi connectivity index (χ2v) is 3.24. The van der Waals surface area contributed by atoms with Crippen LogP contribution in [0.15, 0.2) is 35.0 Å². The number of aryl methyl sites for hydroxylation is 1. The lowest BCUT2D eigenvalue weighted by atomic mass is 10.2. The molecule has 0 radical (unpaired) electrons. The summed E-state index contributed by atoms with van der Waals surface area (Å²) in [5.74, 6) is 0. The minimum absolute atomic E-state index is 0.786. The number of fused-ring (bicyclic) bond motifs is 3. The van der Waals surface area contributed by atoms with Crippen molar-refractivity contribution in [3.63, 3.8) is 0 Å². The van der Waals surface area contributed by atoms with Gasteiger partial charge in [0.15, 0.2) is 5.58 Å². The van der Waals surface area contributed by atoms with Crippen molar-refractivity contribution in [3.8, 4) is 0 Å². The minimum Gasteiger partial charge on any atom is -0.452 e. The van der Waals surface area contributed by atoms with Crippen LogP contribution in [-0.2, 0) is 0 Å². The molecule has 0 unspecified atom stereocenters. The van der Waals surface area contributed by atoms with Crippen LogP contribution in [0.25, 0.3) is 22.1 Å². The number of hydrogen-bond donors (Lipinski definition) is 0. The van der Waals surface area contributed by atoms with Crippen LogP contribution >= 0.6 is 0 Å². The van der Waals surface area contributed by atoms with Crippen LogP contribution in [0.3, 0.4) is 0 Å². The van der Waals surface area contributed by atoms with Crippen LogP contribution in [-0.4, -0.2) is 9.97 Å². The molecule has 2 heterocycles. The Labute approximate surface area is 80.4 Å². The van der Waals surface area contributed by atoms with Gasteiger partial charge < -0.3 is 4.42 Å². The topological polar surface area (TPSA) is 38.9 Å². The maximum absolute atomic E-state index is 5.66. The fraction of sp³-hybridized carbons (Fsp3) is 0.0909. The summed E-state index contributed by atoms with van der Waals surface area (Å²) < 4.78 is 5.66. The quantitative estimate of drug-likeness (QED) is 0.539. The number of rotatable bonds is 0. The highest BCUT2D eigenvalue weighted by Crippen LogP contribution is 2.27. The standard InChI is InChI=1S/C11H8N2O/c1-7-11-10(13-6-12-7)8-4-2-3-5-9(8)14-11/h2-6H,1H3. The van der Waals surface area contributed by atoms with Gasteiger partial charge >= 0.3 is 0 Å². The molecular weight excluding hydrogens is 176 g/mol. The smallest absolute Gasteiger partial charge is 0.175 e. The van der Waals surface area contributed by atoms with E-state index < -0.39 is 0 Å². The Kier molecular flexibility index (Phi) is 1.36. The largest absolute Gasteiger partial charge is 0.452 e. The molecule has 3 aromatic rings. The van der Waals surface area contributed by atoms with Gasteiger partial charge in [-0.2, -0.15) is 0 Å². The summed E-state index contributed by atoms with van der Waals surface area (Å²) in [6, 6.07) is 7.88. The zero-order valence-corrected chi connectivity index (χ0v) is 7.69. The third-order valence-corrected chi connectivity index (χ3v) is 2.34. The van der Waals surface area contributed by atoms with Crippen molar-refractivity contribution in [2.75, 3.05) is 0 Å². The lowest BCUT2D eigenvalue weighted by Gasteiger charge is -1.89. The molecule has 0 bridgehead atoms. The first-order valence-electron chi connectivity index (χ1n) is 4.45. The first-order valence-corrected chi connectivity index (χ1v) is 4.45. The van der Waals surface area contributed by atoms with Gasteiger partial charge in [-0.1, -0.05) is 12.1 Å². The highest BCUT2D eigenvalue weighted by molar-refractivity contribution is 6.02. The third-order valence-electron chi connectivity index (χ3n) is 2.34. The average molecular weight is 184 g/mol. The third kappa shape index (κ3) is 0.865. The summed E-state index contributed by atoms with van der Waals surface area (Å²) in [6.45, 7) is 1.92. The lowest BCUT2D eigenvalue weighted by Crippen LogP contribution is -1.82. The van der Waals surface area contributed by atoms with Gasteiger partial charge in [-0.3, -0.25) is 0 Å². The van der Waals surface area contributed by atoms with Gasteiger partial charge in [-0.05, 0) is 19.1 Å². The van der Waals surface area contributed by atoms with E-state index >= 15 is 0 Å². The molecule has 0 N–H and O–H groups in total. The number of para-hydroxylation sites is 1. The first kappa shape index (κ1) is 7.50. The molecule has 0 saturated carbocycles. The molecule has 0 atom stereocenters. The molecule has 2 aromatic heterocycles. The van der Waals surface area contributed by atoms with E-state index in [2.05, 4.69) is 9.97 Å². The Balaban J connectivity index is 2.63. The lowest BCUT2D eigenvalue weighted by molar-refractivity contribution is 0.661. The fourth-order valence-electron chi connectivity index (χ4n) is 1.64. The van der Waals surface area contributed by atoms with Gasteiger partial charge in [0.05, 0.1) is 5.69 Å². The summed E-state index contributed by atoms with van der Waals surface area (Å²) >= 11 is 0. The van der Waals surface area contributed by atoms with Gasteiger partial charge in [-0.15, -0.1) is 0 Å². The van der Waals surface area contributed by atoms with E-state index in [1.54, 1.807) is 6.33 Å². The van der Waals surface area contributed by atoms with Gasteiger partial charge in [0.1, 0.15) is 17.4 Å². The van der Waals surface area contributed by atoms with Crippen molar-refractivity contribution in [1.82, 2.24) is 9.97 Å². The molecule has 3 heteroatoms. The van der Waals surface area contributed by atoms with Gasteiger partial charge in [0, 0.05) is 5.39 Å². The molecule has 3 nitrogen and oxygen atoms in total. The first-order chi connectivity index (χ1) is 6.86. The maximum Gasteiger partial charge on any atom is 0.175 e. The molecule has 1 aromatic carbocycles. The minimum atomic E-state index is 0.786. The Morgan fingerprint density at radius 1 is 1.14 bits per heavy atom. The Hall–Kier alpha value is -1.90. The highest BCUT2D eigenvalue weighted by atomic mass is 16.3. The number of furan rings is 1. The molecule has 0 aliphatic rings. The number of benzene rings is 1. The molecule has 0 aliphatic carbocycles. The molecule has 0 saturated heterocycles. The van der Waals surface area contributed by atoms with Crippen LogP contribution in [0.2, 0.25) is 0 Å². The Morgan fingerprint density at radius 2 is 2.00 bits per heavy atom. The van der Waals surface area contributed by atoms with Crippen LogP contribution in [0.5, 0.6) is 0 Å². The SMILES string of the molecule is Cc1ncnc2c1oc1ccccc12. The van der Waals surface area contributed by atoms with Crippen LogP contribution in [0.4, 0.5) is 0 Å². The monoisotopic (exact) mass is 184 g/mol. The van der Waals surface area contributed by atoms with E-state index in [4.69, 9.17) is 4.42 Å². The van der Waals surface area contributed by atoms with E-state index in [0.717, 1.165) is 27.8 Å². The second kappa shape index (κ2) is 2.54. The second-order valence-electron chi connectivity index (χ2n) is 3.24. The van der Waals surface area contributed by atoms with E-state index in [-0.39, 0.29) is 0 Å². The van der Waals surface area contributed by atoms with Crippen molar-refractivity contribution >= 4 is 22.1 Å². The van der Waals surface area contributed by atoms with Crippen LogP contribution in [0, 0.1) is 6.92 Å². The number of hydrogen-bond acceptors (Lipinski definition) is 3. The summed E-state index contributed by atoms with van der Waals surface area (Å²) in [5, 5.41) is 1.05. The summed E-state index contributed by atoms with van der Waals surface area (Å²) in [6.07, 6.45) is 1.57. The summed E-state index contributed by atoms with van der Waals surface area (Å²) in [5.41, 5.74) is 3.43. The number of nitrogens with zero attached hydrogens (tertiary/aromatic N) is 2. The normalized spacial score (nSPS) is 11.2. The molecule has 0 amide bonds. The van der Waals surface area contributed by atoms with Crippen molar-refractivity contribution < 1.29 is 4.42 Å². The molecule has 0 fully saturated rings. The zero-order valence-electron chi connectivity index (χ0n) is 7.69. The van der Waals surface area contributed by atoms with E-state index in [1.807, 2.05) is 31.2 Å². The maximum atomic E-state index is 5.66. The van der Waals surface area contributed by atoms with E-state index in [0.29, 0.717) is 0 Å². The van der Waals surface area contributed by atoms with Crippen LogP contribution in [0.1, 0.15) is 5.69 Å². The molecule has 3 rings (SSSR count). The molecule has 14 heavy (non-hydrogen) atoms. The fourth-order valence-corrected chi connectivity index (χ4v) is 1.64. The predicted molar refractivity (Wildman–Crippen MR) is 54.0 cm³/mol. The molecule has 0 spiro atoms. The summed E-state index contributed by atoms with van der Waals surface area (Å²) in [7, 11) is 0. The van der Waals surface area contributed by atoms with E-state index in [1.165, 1.54) is 0 Å². The van der Waals surface area contributed by atoms with Gasteiger partial charge in [0.2, 0.25) is 0 Å². The van der Waals surface area contributed by atoms with Crippen molar-refractivity contribution in [2.24, 2.45) is 0 Å². The van der Waals surface area contributed by atoms with Gasteiger partial charge in [0.25, 0.3) is 0 Å². The molecule has 68 valence electrons. The Bertz CT molecular complexity index is 613. The van der Waals surface area contributed by atoms with Crippen molar-refractivity contribution in [2.45, 2.75) is 6.92 Å². The molecular formula is C11H8N2O. The van der Waals surface area contributed by atoms with Crippen LogP contribution < -0.4 is 0 Å². The Morgan fingerprint density at radius 3 is 2.93 bits per heavy atom. The van der Waals surface area contributed by atoms with E-state index in [9.17, 15) is 0 Å². The zero-order chi connectivity index (χ0) is 9.54. The number of aromatic nitrogens is 2. The average Bonchev–Trinajstić information content (AvgIpc) is 2.59. The molecule has 0 aliphatic heterocycles. The summed E-state index contributed by atoms with van der Waals surface area (Å²) in [4.78, 5) is 8.32. The van der Waals surface area contributed by atoms with Crippen molar-refractivity contribution in [1.29, 1.82) is 0 Å². The van der Waals surface area contributed by atoms with Crippen molar-refractivity contribution in [3.05, 3.63) is 36.3 Å². The van der Waals surface area contributed by atoms with Gasteiger partial charge in [-0.25, -0.2) is 9.97 Å².